The minimum Gasteiger partial charge on any atom is -0.449 e. The molecule has 0 unspecified atom stereocenters. The molecule has 0 radical (unpaired) electrons. The standard InChI is InChI=1S/C20H18ClFN2O4/c1-12(19(26)23-17-9-6-14(21)11-16(17)22)28-20(27)13-4-7-15(8-5-13)24-10-2-3-18(24)25/h4-9,11-12H,2-3,10H2,1H3,(H,23,26)/t12-/m0/s1. The number of esters is 1. The number of rotatable bonds is 5. The van der Waals surface area contributed by atoms with Gasteiger partial charge in [-0.15, -0.1) is 0 Å². The third-order valence-electron chi connectivity index (χ3n) is 4.33. The average molecular weight is 405 g/mol. The molecule has 1 saturated heterocycles. The first-order chi connectivity index (χ1) is 13.3. The molecule has 1 aliphatic heterocycles. The first kappa shape index (κ1) is 19.8. The van der Waals surface area contributed by atoms with Gasteiger partial charge in [-0.2, -0.15) is 0 Å². The molecule has 1 heterocycles. The highest BCUT2D eigenvalue weighted by Gasteiger charge is 2.23. The molecule has 3 rings (SSSR count). The van der Waals surface area contributed by atoms with Crippen LogP contribution in [0.4, 0.5) is 15.8 Å². The third kappa shape index (κ3) is 4.48. The summed E-state index contributed by atoms with van der Waals surface area (Å²) in [5, 5.41) is 2.55. The van der Waals surface area contributed by atoms with E-state index < -0.39 is 23.8 Å². The average Bonchev–Trinajstić information content (AvgIpc) is 3.10. The molecule has 0 bridgehead atoms. The van der Waals surface area contributed by atoms with Crippen molar-refractivity contribution >= 4 is 40.8 Å². The van der Waals surface area contributed by atoms with E-state index in [1.807, 2.05) is 0 Å². The quantitative estimate of drug-likeness (QED) is 0.769. The van der Waals surface area contributed by atoms with Crippen LogP contribution in [0.15, 0.2) is 42.5 Å². The fraction of sp³-hybridized carbons (Fsp3) is 0.250. The van der Waals surface area contributed by atoms with Gasteiger partial charge in [-0.25, -0.2) is 9.18 Å². The van der Waals surface area contributed by atoms with Crippen LogP contribution < -0.4 is 10.2 Å². The van der Waals surface area contributed by atoms with Crippen molar-refractivity contribution in [2.75, 3.05) is 16.8 Å². The van der Waals surface area contributed by atoms with Gasteiger partial charge in [0.15, 0.2) is 6.10 Å². The molecule has 0 saturated carbocycles. The van der Waals surface area contributed by atoms with Gasteiger partial charge < -0.3 is 15.0 Å². The highest BCUT2D eigenvalue weighted by atomic mass is 35.5. The summed E-state index contributed by atoms with van der Waals surface area (Å²) in [5.41, 5.74) is 0.896. The molecule has 2 amide bonds. The molecule has 1 fully saturated rings. The van der Waals surface area contributed by atoms with Crippen molar-refractivity contribution in [3.05, 3.63) is 58.9 Å². The lowest BCUT2D eigenvalue weighted by Crippen LogP contribution is -2.30. The number of benzene rings is 2. The van der Waals surface area contributed by atoms with Gasteiger partial charge in [0.05, 0.1) is 11.3 Å². The smallest absolute Gasteiger partial charge is 0.338 e. The van der Waals surface area contributed by atoms with Gasteiger partial charge >= 0.3 is 5.97 Å². The number of hydrogen-bond acceptors (Lipinski definition) is 4. The summed E-state index contributed by atoms with van der Waals surface area (Å²) >= 11 is 5.67. The summed E-state index contributed by atoms with van der Waals surface area (Å²) in [5.74, 6) is -2.01. The fourth-order valence-electron chi connectivity index (χ4n) is 2.81. The van der Waals surface area contributed by atoms with E-state index in [4.69, 9.17) is 16.3 Å². The number of halogens is 2. The minimum absolute atomic E-state index is 0.0510. The van der Waals surface area contributed by atoms with Crippen LogP contribution in [0.2, 0.25) is 5.02 Å². The zero-order chi connectivity index (χ0) is 20.3. The lowest BCUT2D eigenvalue weighted by molar-refractivity contribution is -0.123. The van der Waals surface area contributed by atoms with Crippen LogP contribution in [-0.2, 0) is 14.3 Å². The zero-order valence-corrected chi connectivity index (χ0v) is 15.8. The number of hydrogen-bond donors (Lipinski definition) is 1. The van der Waals surface area contributed by atoms with Crippen molar-refractivity contribution in [1.82, 2.24) is 0 Å². The Bertz CT molecular complexity index is 917. The van der Waals surface area contributed by atoms with E-state index in [1.165, 1.54) is 31.2 Å². The number of carbonyl (C=O) groups is 3. The highest BCUT2D eigenvalue weighted by molar-refractivity contribution is 6.30. The fourth-order valence-corrected chi connectivity index (χ4v) is 2.96. The maximum Gasteiger partial charge on any atom is 0.338 e. The summed E-state index contributed by atoms with van der Waals surface area (Å²) in [6.45, 7) is 2.04. The van der Waals surface area contributed by atoms with Crippen LogP contribution in [0.3, 0.4) is 0 Å². The Hall–Kier alpha value is -2.93. The van der Waals surface area contributed by atoms with Gasteiger partial charge in [-0.3, -0.25) is 9.59 Å². The van der Waals surface area contributed by atoms with Crippen LogP contribution in [0.5, 0.6) is 0 Å². The number of carbonyl (C=O) groups excluding carboxylic acids is 3. The first-order valence-electron chi connectivity index (χ1n) is 8.72. The van der Waals surface area contributed by atoms with Crippen molar-refractivity contribution < 1.29 is 23.5 Å². The van der Waals surface area contributed by atoms with Crippen LogP contribution in [0.1, 0.15) is 30.1 Å². The summed E-state index contributed by atoms with van der Waals surface area (Å²) in [4.78, 5) is 37.8. The Morgan fingerprint density at radius 2 is 1.93 bits per heavy atom. The van der Waals surface area contributed by atoms with Gasteiger partial charge in [0.2, 0.25) is 5.91 Å². The maximum atomic E-state index is 13.8. The van der Waals surface area contributed by atoms with E-state index in [0.29, 0.717) is 18.7 Å². The number of nitrogens with one attached hydrogen (secondary N) is 1. The molecule has 1 aliphatic rings. The second kappa shape index (κ2) is 8.39. The summed E-state index contributed by atoms with van der Waals surface area (Å²) < 4.78 is 18.9. The molecule has 146 valence electrons. The van der Waals surface area contributed by atoms with E-state index in [-0.39, 0.29) is 22.2 Å². The maximum absolute atomic E-state index is 13.8. The second-order valence-electron chi connectivity index (χ2n) is 6.36. The van der Waals surface area contributed by atoms with Gasteiger partial charge in [0, 0.05) is 23.7 Å². The predicted molar refractivity (Wildman–Crippen MR) is 103 cm³/mol. The molecule has 2 aromatic carbocycles. The number of ether oxygens (including phenoxy) is 1. The van der Waals surface area contributed by atoms with E-state index in [2.05, 4.69) is 5.32 Å². The Morgan fingerprint density at radius 3 is 2.54 bits per heavy atom. The van der Waals surface area contributed by atoms with Crippen LogP contribution in [-0.4, -0.2) is 30.4 Å². The lowest BCUT2D eigenvalue weighted by Gasteiger charge is -2.16. The van der Waals surface area contributed by atoms with Crippen LogP contribution in [0.25, 0.3) is 0 Å². The van der Waals surface area contributed by atoms with Gasteiger partial charge in [-0.05, 0) is 55.8 Å². The molecule has 28 heavy (non-hydrogen) atoms. The van der Waals surface area contributed by atoms with Crippen molar-refractivity contribution in [3.63, 3.8) is 0 Å². The molecule has 1 atom stereocenters. The lowest BCUT2D eigenvalue weighted by atomic mass is 10.2. The molecule has 1 N–H and O–H groups in total. The normalized spacial score (nSPS) is 14.7. The molecule has 6 nitrogen and oxygen atoms in total. The van der Waals surface area contributed by atoms with Crippen molar-refractivity contribution in [2.45, 2.75) is 25.9 Å². The van der Waals surface area contributed by atoms with E-state index in [9.17, 15) is 18.8 Å². The second-order valence-corrected chi connectivity index (χ2v) is 6.79. The number of anilines is 2. The summed E-state index contributed by atoms with van der Waals surface area (Å²) in [6.07, 6.45) is 0.191. The van der Waals surface area contributed by atoms with E-state index in [1.54, 1.807) is 17.0 Å². The molecule has 2 aromatic rings. The topological polar surface area (TPSA) is 75.7 Å². The number of nitrogens with zero attached hydrogens (tertiary/aromatic N) is 1. The molecule has 0 aromatic heterocycles. The third-order valence-corrected chi connectivity index (χ3v) is 4.57. The van der Waals surface area contributed by atoms with Gasteiger partial charge in [0.25, 0.3) is 5.91 Å². The van der Waals surface area contributed by atoms with Crippen LogP contribution >= 0.6 is 11.6 Å². The highest BCUT2D eigenvalue weighted by Crippen LogP contribution is 2.22. The monoisotopic (exact) mass is 404 g/mol. The molecule has 0 aliphatic carbocycles. The van der Waals surface area contributed by atoms with Crippen molar-refractivity contribution in [2.24, 2.45) is 0 Å². The van der Waals surface area contributed by atoms with Gasteiger partial charge in [0.1, 0.15) is 5.82 Å². The molecular weight excluding hydrogens is 387 g/mol. The molecule has 8 heteroatoms. The summed E-state index contributed by atoms with van der Waals surface area (Å²) in [7, 11) is 0. The predicted octanol–water partition coefficient (Wildman–Crippen LogP) is 3.79. The molecular formula is C20H18ClFN2O4. The molecule has 0 spiro atoms. The van der Waals surface area contributed by atoms with Gasteiger partial charge in [-0.1, -0.05) is 11.6 Å². The Balaban J connectivity index is 1.60. The largest absolute Gasteiger partial charge is 0.449 e. The zero-order valence-electron chi connectivity index (χ0n) is 15.1. The number of amides is 2. The van der Waals surface area contributed by atoms with E-state index in [0.717, 1.165) is 12.5 Å². The SMILES string of the molecule is C[C@H](OC(=O)c1ccc(N2CCCC2=O)cc1)C(=O)Nc1ccc(Cl)cc1F. The Morgan fingerprint density at radius 1 is 1.21 bits per heavy atom. The van der Waals surface area contributed by atoms with Crippen molar-refractivity contribution in [3.8, 4) is 0 Å². The van der Waals surface area contributed by atoms with E-state index >= 15 is 0 Å². The van der Waals surface area contributed by atoms with Crippen LogP contribution in [0, 0.1) is 5.82 Å². The minimum atomic E-state index is -1.14. The first-order valence-corrected chi connectivity index (χ1v) is 9.10. The Kier molecular flexibility index (Phi) is 5.94. The van der Waals surface area contributed by atoms with Crippen molar-refractivity contribution in [1.29, 1.82) is 0 Å². The summed E-state index contributed by atoms with van der Waals surface area (Å²) in [6, 6.07) is 10.2. The Labute approximate surface area is 166 Å².